The highest BCUT2D eigenvalue weighted by Gasteiger charge is 2.18. The summed E-state index contributed by atoms with van der Waals surface area (Å²) in [7, 11) is -3.54. The van der Waals surface area contributed by atoms with E-state index in [4.69, 9.17) is 5.73 Å². The molecule has 1 aliphatic rings. The fourth-order valence-corrected chi connectivity index (χ4v) is 2.94. The van der Waals surface area contributed by atoms with Crippen molar-refractivity contribution < 1.29 is 8.42 Å². The third-order valence-corrected chi connectivity index (χ3v) is 4.28. The topological polar surface area (TPSA) is 101 Å². The molecule has 0 atom stereocenters. The van der Waals surface area contributed by atoms with Gasteiger partial charge in [0.2, 0.25) is 10.0 Å². The molecule has 0 bridgehead atoms. The van der Waals surface area contributed by atoms with Crippen LogP contribution in [0.5, 0.6) is 0 Å². The van der Waals surface area contributed by atoms with Crippen molar-refractivity contribution >= 4 is 15.8 Å². The van der Waals surface area contributed by atoms with Crippen LogP contribution < -0.4 is 10.5 Å². The minimum absolute atomic E-state index is 0.0119. The summed E-state index contributed by atoms with van der Waals surface area (Å²) in [6.07, 6.45) is 7.52. The van der Waals surface area contributed by atoms with Crippen molar-refractivity contribution in [2.75, 3.05) is 12.3 Å². The van der Waals surface area contributed by atoms with Gasteiger partial charge < -0.3 is 5.73 Å². The zero-order valence-electron chi connectivity index (χ0n) is 9.44. The van der Waals surface area contributed by atoms with Crippen molar-refractivity contribution in [1.29, 1.82) is 0 Å². The molecule has 1 heterocycles. The Labute approximate surface area is 100 Å². The summed E-state index contributed by atoms with van der Waals surface area (Å²) in [6, 6.07) is 0. The lowest BCUT2D eigenvalue weighted by Crippen LogP contribution is -2.25. The van der Waals surface area contributed by atoms with Gasteiger partial charge in [0.15, 0.2) is 0 Å². The summed E-state index contributed by atoms with van der Waals surface area (Å²) in [5.41, 5.74) is 6.80. The van der Waals surface area contributed by atoms with E-state index in [1.54, 1.807) is 0 Å². The van der Waals surface area contributed by atoms with Crippen LogP contribution in [0.3, 0.4) is 0 Å². The second-order valence-electron chi connectivity index (χ2n) is 4.05. The molecule has 4 N–H and O–H groups in total. The van der Waals surface area contributed by atoms with Gasteiger partial charge in [-0.2, -0.15) is 5.10 Å². The van der Waals surface area contributed by atoms with Crippen LogP contribution in [0.25, 0.3) is 0 Å². The molecule has 0 saturated carbocycles. The largest absolute Gasteiger partial charge is 0.383 e. The number of nitrogens with zero attached hydrogens (tertiary/aromatic N) is 1. The molecule has 0 amide bonds. The molecular weight excluding hydrogens is 240 g/mol. The van der Waals surface area contributed by atoms with Crippen LogP contribution in [0.15, 0.2) is 22.7 Å². The van der Waals surface area contributed by atoms with Crippen LogP contribution >= 0.6 is 0 Å². The molecule has 1 aliphatic carbocycles. The number of rotatable bonds is 5. The van der Waals surface area contributed by atoms with Crippen LogP contribution in [0.1, 0.15) is 25.7 Å². The average Bonchev–Trinajstić information content (AvgIpc) is 2.88. The number of nitrogen functional groups attached to an aromatic ring is 1. The predicted molar refractivity (Wildman–Crippen MR) is 64.7 cm³/mol. The minimum atomic E-state index is -3.54. The fourth-order valence-electron chi connectivity index (χ4n) is 1.89. The molecule has 1 aromatic rings. The van der Waals surface area contributed by atoms with E-state index in [9.17, 15) is 8.42 Å². The number of anilines is 1. The lowest BCUT2D eigenvalue weighted by molar-refractivity contribution is 0.581. The number of allylic oxidation sites excluding steroid dienone is 1. The predicted octanol–water partition coefficient (Wildman–Crippen LogP) is 0.771. The molecule has 6 nitrogen and oxygen atoms in total. The van der Waals surface area contributed by atoms with Gasteiger partial charge in [0.1, 0.15) is 10.7 Å². The van der Waals surface area contributed by atoms with E-state index >= 15 is 0 Å². The number of hydrogen-bond donors (Lipinski definition) is 3. The number of nitrogens with two attached hydrogens (primary N) is 1. The van der Waals surface area contributed by atoms with Gasteiger partial charge in [0.25, 0.3) is 0 Å². The van der Waals surface area contributed by atoms with Crippen LogP contribution in [0, 0.1) is 0 Å². The highest BCUT2D eigenvalue weighted by molar-refractivity contribution is 7.89. The van der Waals surface area contributed by atoms with Crippen LogP contribution in [-0.4, -0.2) is 25.2 Å². The van der Waals surface area contributed by atoms with Crippen molar-refractivity contribution in [3.8, 4) is 0 Å². The Bertz CT molecular complexity index is 518. The first-order valence-corrected chi connectivity index (χ1v) is 7.04. The van der Waals surface area contributed by atoms with E-state index < -0.39 is 10.0 Å². The first-order chi connectivity index (χ1) is 8.09. The highest BCUT2D eigenvalue weighted by atomic mass is 32.2. The third kappa shape index (κ3) is 2.86. The summed E-state index contributed by atoms with van der Waals surface area (Å²) in [5.74, 6) is 0.0672. The molecule has 1 aromatic heterocycles. The van der Waals surface area contributed by atoms with E-state index in [0.29, 0.717) is 6.54 Å². The number of sulfonamides is 1. The number of aromatic amines is 1. The Kier molecular flexibility index (Phi) is 3.49. The van der Waals surface area contributed by atoms with Crippen molar-refractivity contribution in [3.05, 3.63) is 17.8 Å². The molecule has 0 radical (unpaired) electrons. The molecule has 7 heteroatoms. The summed E-state index contributed by atoms with van der Waals surface area (Å²) < 4.78 is 26.2. The molecule has 2 rings (SSSR count). The van der Waals surface area contributed by atoms with Crippen molar-refractivity contribution in [1.82, 2.24) is 14.9 Å². The van der Waals surface area contributed by atoms with Gasteiger partial charge in [-0.15, -0.1) is 0 Å². The Morgan fingerprint density at radius 2 is 2.35 bits per heavy atom. The highest BCUT2D eigenvalue weighted by Crippen LogP contribution is 2.20. The van der Waals surface area contributed by atoms with E-state index in [1.165, 1.54) is 18.2 Å². The van der Waals surface area contributed by atoms with E-state index in [0.717, 1.165) is 19.3 Å². The summed E-state index contributed by atoms with van der Waals surface area (Å²) in [5, 5.41) is 6.00. The smallest absolute Gasteiger partial charge is 0.245 e. The molecule has 0 saturated heterocycles. The minimum Gasteiger partial charge on any atom is -0.383 e. The maximum atomic E-state index is 11.8. The van der Waals surface area contributed by atoms with Gasteiger partial charge in [-0.3, -0.25) is 5.10 Å². The van der Waals surface area contributed by atoms with Crippen molar-refractivity contribution in [2.24, 2.45) is 0 Å². The van der Waals surface area contributed by atoms with Gasteiger partial charge in [-0.05, 0) is 25.7 Å². The van der Waals surface area contributed by atoms with Gasteiger partial charge in [-0.25, -0.2) is 13.1 Å². The van der Waals surface area contributed by atoms with Gasteiger partial charge in [-0.1, -0.05) is 11.6 Å². The lowest BCUT2D eigenvalue weighted by atomic mass is 10.2. The standard InChI is InChI=1S/C10H16N4O2S/c11-10-9(7-12-14-10)17(15,16)13-6-5-8-3-1-2-4-8/h3,7,13H,1-2,4-6H2,(H3,11,12,14). The Morgan fingerprint density at radius 1 is 1.53 bits per heavy atom. The average molecular weight is 256 g/mol. The number of hydrogen-bond acceptors (Lipinski definition) is 4. The van der Waals surface area contributed by atoms with Crippen LogP contribution in [0.2, 0.25) is 0 Å². The van der Waals surface area contributed by atoms with Gasteiger partial charge in [0.05, 0.1) is 6.20 Å². The fraction of sp³-hybridized carbons (Fsp3) is 0.500. The van der Waals surface area contributed by atoms with Crippen molar-refractivity contribution in [3.63, 3.8) is 0 Å². The van der Waals surface area contributed by atoms with E-state index in [2.05, 4.69) is 21.0 Å². The number of aromatic nitrogens is 2. The Hall–Kier alpha value is -1.34. The molecule has 0 aliphatic heterocycles. The summed E-state index contributed by atoms with van der Waals surface area (Å²) >= 11 is 0. The monoisotopic (exact) mass is 256 g/mol. The van der Waals surface area contributed by atoms with Gasteiger partial charge in [0, 0.05) is 6.54 Å². The molecule has 17 heavy (non-hydrogen) atoms. The quantitative estimate of drug-likeness (QED) is 0.677. The van der Waals surface area contributed by atoms with Crippen LogP contribution in [-0.2, 0) is 10.0 Å². The van der Waals surface area contributed by atoms with Crippen LogP contribution in [0.4, 0.5) is 5.82 Å². The lowest BCUT2D eigenvalue weighted by Gasteiger charge is -2.05. The molecular formula is C10H16N4O2S. The molecule has 0 aromatic carbocycles. The zero-order valence-corrected chi connectivity index (χ0v) is 10.3. The first kappa shape index (κ1) is 12.1. The van der Waals surface area contributed by atoms with Gasteiger partial charge >= 0.3 is 0 Å². The molecule has 0 spiro atoms. The number of H-pyrrole nitrogens is 1. The molecule has 0 unspecified atom stereocenters. The molecule has 94 valence electrons. The SMILES string of the molecule is Nc1[nH]ncc1S(=O)(=O)NCCC1=CCCC1. The first-order valence-electron chi connectivity index (χ1n) is 5.56. The normalized spacial score (nSPS) is 16.1. The molecule has 0 fully saturated rings. The Morgan fingerprint density at radius 3 is 2.94 bits per heavy atom. The summed E-state index contributed by atoms with van der Waals surface area (Å²) in [6.45, 7) is 0.402. The second kappa shape index (κ2) is 4.89. The van der Waals surface area contributed by atoms with E-state index in [1.807, 2.05) is 0 Å². The third-order valence-electron chi connectivity index (χ3n) is 2.80. The second-order valence-corrected chi connectivity index (χ2v) is 5.79. The summed E-state index contributed by atoms with van der Waals surface area (Å²) in [4.78, 5) is 0.0119. The van der Waals surface area contributed by atoms with E-state index in [-0.39, 0.29) is 10.7 Å². The zero-order chi connectivity index (χ0) is 12.3. The maximum Gasteiger partial charge on any atom is 0.245 e. The van der Waals surface area contributed by atoms with Crippen molar-refractivity contribution in [2.45, 2.75) is 30.6 Å². The maximum absolute atomic E-state index is 11.8. The Balaban J connectivity index is 1.92. The number of nitrogens with one attached hydrogen (secondary N) is 2.